The molecule has 1 aliphatic rings. The van der Waals surface area contributed by atoms with E-state index in [4.69, 9.17) is 0 Å². The fourth-order valence-corrected chi connectivity index (χ4v) is 7.90. The molecule has 0 nitrogen and oxygen atoms in total. The van der Waals surface area contributed by atoms with E-state index in [1.165, 1.54) is 10.9 Å². The van der Waals surface area contributed by atoms with Crippen LogP contribution in [-0.4, -0.2) is 18.4 Å². The van der Waals surface area contributed by atoms with Crippen LogP contribution in [0, 0.1) is 0 Å². The van der Waals surface area contributed by atoms with E-state index < -0.39 is 18.4 Å². The van der Waals surface area contributed by atoms with Crippen LogP contribution in [0.3, 0.4) is 0 Å². The Balaban J connectivity index is 2.89. The molecule has 1 aliphatic heterocycles. The molecule has 0 amide bonds. The molecule has 0 saturated carbocycles. The second kappa shape index (κ2) is 2.79. The molecular formula is C10H20Sn. The zero-order valence-corrected chi connectivity index (χ0v) is 11.3. The van der Waals surface area contributed by atoms with Gasteiger partial charge in [-0.3, -0.25) is 0 Å². The Morgan fingerprint density at radius 3 is 2.27 bits per heavy atom. The first-order valence-corrected chi connectivity index (χ1v) is 13.7. The average Bonchev–Trinajstić information content (AvgIpc) is 1.80. The molecule has 0 unspecified atom stereocenters. The number of rotatable bonds is 0. The molecule has 0 atom stereocenters. The molecule has 0 N–H and O–H groups in total. The van der Waals surface area contributed by atoms with Crippen molar-refractivity contribution in [1.29, 1.82) is 0 Å². The van der Waals surface area contributed by atoms with Crippen molar-refractivity contribution in [3.8, 4) is 0 Å². The molecule has 0 aromatic heterocycles. The van der Waals surface area contributed by atoms with Crippen LogP contribution in [0.2, 0.25) is 17.7 Å². The Morgan fingerprint density at radius 2 is 1.91 bits per heavy atom. The quantitative estimate of drug-likeness (QED) is 0.458. The molecule has 1 rings (SSSR count). The van der Waals surface area contributed by atoms with Crippen LogP contribution in [0.1, 0.15) is 27.2 Å². The summed E-state index contributed by atoms with van der Waals surface area (Å²) in [6.07, 6.45) is 3.84. The van der Waals surface area contributed by atoms with Gasteiger partial charge in [-0.05, 0) is 0 Å². The van der Waals surface area contributed by atoms with Crippen molar-refractivity contribution in [1.82, 2.24) is 0 Å². The average molecular weight is 259 g/mol. The predicted octanol–water partition coefficient (Wildman–Crippen LogP) is 3.83. The molecule has 0 aliphatic carbocycles. The van der Waals surface area contributed by atoms with Crippen molar-refractivity contribution in [2.75, 3.05) is 0 Å². The first-order chi connectivity index (χ1) is 4.85. The van der Waals surface area contributed by atoms with Crippen LogP contribution in [0.15, 0.2) is 11.6 Å². The molecule has 0 bridgehead atoms. The summed E-state index contributed by atoms with van der Waals surface area (Å²) in [6.45, 7) is 7.22. The zero-order chi connectivity index (χ0) is 8.70. The van der Waals surface area contributed by atoms with Crippen molar-refractivity contribution in [2.45, 2.75) is 44.9 Å². The second-order valence-electron chi connectivity index (χ2n) is 5.20. The van der Waals surface area contributed by atoms with Gasteiger partial charge in [0.2, 0.25) is 0 Å². The minimum absolute atomic E-state index is 0.688. The summed E-state index contributed by atoms with van der Waals surface area (Å²) in [7, 11) is 0. The van der Waals surface area contributed by atoms with Gasteiger partial charge in [0.25, 0.3) is 0 Å². The Hall–Kier alpha value is 0.539. The van der Waals surface area contributed by atoms with Gasteiger partial charge in [-0.1, -0.05) is 0 Å². The summed E-state index contributed by atoms with van der Waals surface area (Å²) in [5.41, 5.74) is 1.62. The van der Waals surface area contributed by atoms with Gasteiger partial charge < -0.3 is 0 Å². The summed E-state index contributed by atoms with van der Waals surface area (Å²) >= 11 is -1.66. The summed E-state index contributed by atoms with van der Waals surface area (Å²) in [5.74, 6) is 0. The van der Waals surface area contributed by atoms with Gasteiger partial charge in [0, 0.05) is 0 Å². The third-order valence-corrected chi connectivity index (χ3v) is 18.0. The number of hydrogen-bond donors (Lipinski definition) is 0. The first kappa shape index (κ1) is 9.63. The Morgan fingerprint density at radius 1 is 1.36 bits per heavy atom. The molecule has 0 saturated heterocycles. The maximum atomic E-state index is 2.58. The summed E-state index contributed by atoms with van der Waals surface area (Å²) in [4.78, 5) is 5.16. The Kier molecular flexibility index (Phi) is 2.44. The predicted molar refractivity (Wildman–Crippen MR) is 54.7 cm³/mol. The van der Waals surface area contributed by atoms with Crippen LogP contribution in [0.25, 0.3) is 0 Å². The summed E-state index contributed by atoms with van der Waals surface area (Å²) in [6, 6.07) is 0. The molecule has 0 radical (unpaired) electrons. The Bertz CT molecular complexity index is 187. The van der Waals surface area contributed by atoms with Crippen LogP contribution in [0.5, 0.6) is 0 Å². The number of hydrogen-bond acceptors (Lipinski definition) is 0. The van der Waals surface area contributed by atoms with E-state index in [2.05, 4.69) is 36.7 Å². The van der Waals surface area contributed by atoms with E-state index in [1.807, 2.05) is 0 Å². The third kappa shape index (κ3) is 1.82. The van der Waals surface area contributed by atoms with Gasteiger partial charge in [0.15, 0.2) is 0 Å². The molecule has 1 heteroatoms. The first-order valence-electron chi connectivity index (χ1n) is 4.51. The van der Waals surface area contributed by atoms with E-state index in [0.29, 0.717) is 3.43 Å². The molecule has 0 spiro atoms. The Labute approximate surface area is 74.9 Å². The van der Waals surface area contributed by atoms with Gasteiger partial charge in [-0.25, -0.2) is 0 Å². The van der Waals surface area contributed by atoms with E-state index in [-0.39, 0.29) is 0 Å². The van der Waals surface area contributed by atoms with Gasteiger partial charge in [0.1, 0.15) is 0 Å². The molecule has 11 heavy (non-hydrogen) atoms. The van der Waals surface area contributed by atoms with Crippen LogP contribution >= 0.6 is 0 Å². The standard InChI is InChI=1S/C8H14.2CH3.Sn/c1-5-8(4)6-7(2)3;;;/h5H,1,6H2,2-4H3;2*1H3;. The van der Waals surface area contributed by atoms with Crippen molar-refractivity contribution in [2.24, 2.45) is 0 Å². The summed E-state index contributed by atoms with van der Waals surface area (Å²) < 4.78 is 2.14. The van der Waals surface area contributed by atoms with Crippen molar-refractivity contribution >= 4 is 18.4 Å². The molecule has 64 valence electrons. The maximum absolute atomic E-state index is 2.58. The second-order valence-corrected chi connectivity index (χ2v) is 21.0. The van der Waals surface area contributed by atoms with Crippen molar-refractivity contribution in [3.05, 3.63) is 11.6 Å². The zero-order valence-electron chi connectivity index (χ0n) is 8.49. The van der Waals surface area contributed by atoms with E-state index >= 15 is 0 Å². The topological polar surface area (TPSA) is 0 Å². The summed E-state index contributed by atoms with van der Waals surface area (Å²) in [5, 5.41) is 0. The van der Waals surface area contributed by atoms with Crippen molar-refractivity contribution < 1.29 is 0 Å². The van der Waals surface area contributed by atoms with Crippen molar-refractivity contribution in [3.63, 3.8) is 0 Å². The molecule has 1 heterocycles. The van der Waals surface area contributed by atoms with Crippen LogP contribution in [0.4, 0.5) is 0 Å². The molecule has 0 fully saturated rings. The minimum atomic E-state index is -1.66. The monoisotopic (exact) mass is 260 g/mol. The normalized spacial score (nSPS) is 27.9. The molecule has 0 aromatic rings. The SMILES string of the molecule is CC1=C[CH2][Sn]([CH3])([CH3])[C](C)(C)C1. The van der Waals surface area contributed by atoms with Gasteiger partial charge in [0.05, 0.1) is 0 Å². The van der Waals surface area contributed by atoms with Crippen LogP contribution in [-0.2, 0) is 0 Å². The van der Waals surface area contributed by atoms with E-state index in [9.17, 15) is 0 Å². The van der Waals surface area contributed by atoms with Gasteiger partial charge >= 0.3 is 75.0 Å². The fourth-order valence-electron chi connectivity index (χ4n) is 1.71. The fraction of sp³-hybridized carbons (Fsp3) is 0.800. The van der Waals surface area contributed by atoms with Gasteiger partial charge in [-0.15, -0.1) is 0 Å². The molecule has 0 aromatic carbocycles. The van der Waals surface area contributed by atoms with E-state index in [0.717, 1.165) is 0 Å². The van der Waals surface area contributed by atoms with Gasteiger partial charge in [-0.2, -0.15) is 0 Å². The third-order valence-electron chi connectivity index (χ3n) is 3.51. The van der Waals surface area contributed by atoms with E-state index in [1.54, 1.807) is 5.57 Å². The van der Waals surface area contributed by atoms with Crippen LogP contribution < -0.4 is 0 Å². The number of allylic oxidation sites excluding steroid dienone is 2. The molecular weight excluding hydrogens is 239 g/mol.